The number of nitrogens with zero attached hydrogens (tertiary/aromatic N) is 1. The molecule has 0 aliphatic carbocycles. The lowest BCUT2D eigenvalue weighted by Crippen LogP contribution is -2.29. The Hall–Kier alpha value is -2.90. The number of ether oxygens (including phenoxy) is 2. The number of aliphatic hydroxyl groups is 1. The molecule has 210 valence electrons. The molecular formula is C30H42ClFN2O4. The van der Waals surface area contributed by atoms with Crippen LogP contribution < -0.4 is 25.2 Å². The van der Waals surface area contributed by atoms with E-state index >= 15 is 0 Å². The quantitative estimate of drug-likeness (QED) is 0.313. The first-order valence-corrected chi connectivity index (χ1v) is 13.2. The average Bonchev–Trinajstić information content (AvgIpc) is 2.87. The molecule has 0 unspecified atom stereocenters. The van der Waals surface area contributed by atoms with Crippen LogP contribution >= 0.6 is 11.6 Å². The molecule has 0 radical (unpaired) electrons. The molecule has 2 rings (SSSR count). The topological polar surface area (TPSA) is 80.2 Å². The van der Waals surface area contributed by atoms with E-state index in [0.29, 0.717) is 23.0 Å². The normalized spacial score (nSPS) is 12.2. The summed E-state index contributed by atoms with van der Waals surface area (Å²) in [6.07, 6.45) is 5.80. The number of halogens is 2. The first-order chi connectivity index (χ1) is 17.9. The summed E-state index contributed by atoms with van der Waals surface area (Å²) in [7, 11) is 1.61. The van der Waals surface area contributed by atoms with Crippen molar-refractivity contribution in [1.82, 2.24) is 0 Å². The highest BCUT2D eigenvalue weighted by atomic mass is 35.5. The minimum Gasteiger partial charge on any atom is -0.493 e. The highest BCUT2D eigenvalue weighted by Gasteiger charge is 2.21. The monoisotopic (exact) mass is 548 g/mol. The van der Waals surface area contributed by atoms with Gasteiger partial charge in [-0.1, -0.05) is 58.7 Å². The summed E-state index contributed by atoms with van der Waals surface area (Å²) >= 11 is 5.92. The number of carbonyl (C=O) groups excluding carboxylic acids is 1. The zero-order chi connectivity index (χ0) is 28.9. The molecule has 0 aliphatic rings. The van der Waals surface area contributed by atoms with Crippen molar-refractivity contribution < 1.29 is 23.8 Å². The Bertz CT molecular complexity index is 1190. The third-order valence-corrected chi connectivity index (χ3v) is 6.24. The molecule has 0 saturated heterocycles. The highest BCUT2D eigenvalue weighted by molar-refractivity contribution is 6.31. The summed E-state index contributed by atoms with van der Waals surface area (Å²) in [5.74, 6) is 1.39. The lowest BCUT2D eigenvalue weighted by Gasteiger charge is -2.20. The van der Waals surface area contributed by atoms with Crippen LogP contribution in [0.4, 0.5) is 10.1 Å². The maximum Gasteiger partial charge on any atom is 0.162 e. The minimum atomic E-state index is -0.542. The van der Waals surface area contributed by atoms with Gasteiger partial charge < -0.3 is 19.9 Å². The van der Waals surface area contributed by atoms with Gasteiger partial charge in [-0.2, -0.15) is 0 Å². The molecule has 0 amide bonds. The summed E-state index contributed by atoms with van der Waals surface area (Å²) in [6, 6.07) is 8.16. The Morgan fingerprint density at radius 1 is 1.21 bits per heavy atom. The van der Waals surface area contributed by atoms with Gasteiger partial charge in [0.1, 0.15) is 17.4 Å². The molecule has 38 heavy (non-hydrogen) atoms. The number of nitrogens with one attached hydrogen (secondary N) is 1. The maximum atomic E-state index is 13.5. The molecule has 0 aliphatic heterocycles. The van der Waals surface area contributed by atoms with Crippen molar-refractivity contribution in [2.75, 3.05) is 19.0 Å². The molecule has 0 saturated carbocycles. The van der Waals surface area contributed by atoms with Gasteiger partial charge in [-0.25, -0.2) is 9.38 Å². The fourth-order valence-corrected chi connectivity index (χ4v) is 3.46. The van der Waals surface area contributed by atoms with E-state index in [1.165, 1.54) is 19.1 Å². The van der Waals surface area contributed by atoms with E-state index in [-0.39, 0.29) is 23.5 Å². The number of hydrogen-bond donors (Lipinski definition) is 2. The number of hydrogen-bond acceptors (Lipinski definition) is 6. The van der Waals surface area contributed by atoms with E-state index < -0.39 is 11.2 Å². The largest absolute Gasteiger partial charge is 0.493 e. The van der Waals surface area contributed by atoms with Gasteiger partial charge in [-0.15, -0.1) is 0 Å². The van der Waals surface area contributed by atoms with Gasteiger partial charge in [0.2, 0.25) is 0 Å². The van der Waals surface area contributed by atoms with Crippen molar-refractivity contribution in [3.63, 3.8) is 0 Å². The third kappa shape index (κ3) is 10.1. The highest BCUT2D eigenvalue weighted by Crippen LogP contribution is 2.27. The Labute approximate surface area is 231 Å². The van der Waals surface area contributed by atoms with Crippen LogP contribution in [0.15, 0.2) is 35.3 Å². The van der Waals surface area contributed by atoms with Crippen molar-refractivity contribution in [1.29, 1.82) is 0 Å². The molecule has 0 fully saturated rings. The van der Waals surface area contributed by atoms with Crippen LogP contribution in [0.25, 0.3) is 12.4 Å². The number of aliphatic hydroxyl groups excluding tert-OH is 1. The molecule has 0 aromatic heterocycles. The van der Waals surface area contributed by atoms with E-state index in [1.807, 2.05) is 19.1 Å². The fourth-order valence-electron chi connectivity index (χ4n) is 3.28. The summed E-state index contributed by atoms with van der Waals surface area (Å²) in [5.41, 5.74) is 0.0783. The van der Waals surface area contributed by atoms with E-state index in [4.69, 9.17) is 26.2 Å². The van der Waals surface area contributed by atoms with Crippen molar-refractivity contribution in [2.24, 2.45) is 10.4 Å². The SMILES string of the molecule is C=c1cc(OC)c(OC(CCC)CCC)c/c1=C(/N=C\C)Nc1ccc(F)c(Cl)c1.CC(=O)C(C)(C)CO. The first kappa shape index (κ1) is 33.1. The number of carbonyl (C=O) groups is 1. The fraction of sp³-hybridized carbons (Fsp3) is 0.467. The Balaban J connectivity index is 0.000000781. The van der Waals surface area contributed by atoms with Gasteiger partial charge in [0.15, 0.2) is 11.5 Å². The summed E-state index contributed by atoms with van der Waals surface area (Å²) in [4.78, 5) is 15.0. The van der Waals surface area contributed by atoms with Crippen LogP contribution in [0.3, 0.4) is 0 Å². The predicted octanol–water partition coefficient (Wildman–Crippen LogP) is 6.11. The minimum absolute atomic E-state index is 0.0278. The standard InChI is InChI=1S/C24H30ClFN2O2.C6H12O2/c1-6-9-18(10-7-2)30-23-15-19(16(4)13-22(23)29-5)24(27-8-3)28-17-11-12-21(26)20(25)14-17;1-5(8)6(2,3)4-7/h8,11-15,18,28H,4,6-7,9-10H2,1-3,5H3;7H,4H2,1-3H3/b24-19+,27-8-;. The summed E-state index contributed by atoms with van der Waals surface area (Å²) < 4.78 is 25.4. The lowest BCUT2D eigenvalue weighted by molar-refractivity contribution is -0.126. The summed E-state index contributed by atoms with van der Waals surface area (Å²) in [5, 5.41) is 13.3. The summed E-state index contributed by atoms with van der Waals surface area (Å²) in [6.45, 7) is 15.1. The van der Waals surface area contributed by atoms with Crippen LogP contribution in [0.1, 0.15) is 67.2 Å². The van der Waals surface area contributed by atoms with Gasteiger partial charge in [-0.3, -0.25) is 4.79 Å². The average molecular weight is 549 g/mol. The predicted molar refractivity (Wildman–Crippen MR) is 156 cm³/mol. The van der Waals surface area contributed by atoms with Crippen molar-refractivity contribution in [3.05, 3.63) is 51.6 Å². The number of Topliss-reactive ketones (excluding diaryl/α,β-unsaturated/α-hetero) is 1. The molecule has 2 aromatic rings. The van der Waals surface area contributed by atoms with Crippen LogP contribution in [0.5, 0.6) is 11.5 Å². The van der Waals surface area contributed by atoms with E-state index in [9.17, 15) is 9.18 Å². The van der Waals surface area contributed by atoms with E-state index in [0.717, 1.165) is 36.1 Å². The van der Waals surface area contributed by atoms with Crippen LogP contribution in [0, 0.1) is 11.2 Å². The molecule has 0 atom stereocenters. The number of methoxy groups -OCH3 is 1. The van der Waals surface area contributed by atoms with E-state index in [2.05, 4.69) is 30.7 Å². The second-order valence-corrected chi connectivity index (χ2v) is 9.97. The van der Waals surface area contributed by atoms with Gasteiger partial charge >= 0.3 is 0 Å². The number of rotatable bonds is 12. The number of anilines is 1. The second kappa shape index (κ2) is 16.1. The molecule has 2 N–H and O–H groups in total. The first-order valence-electron chi connectivity index (χ1n) is 12.8. The number of benzene rings is 2. The Morgan fingerprint density at radius 2 is 1.84 bits per heavy atom. The van der Waals surface area contributed by atoms with Crippen LogP contribution in [0.2, 0.25) is 5.02 Å². The molecule has 0 spiro atoms. The zero-order valence-electron chi connectivity index (χ0n) is 23.7. The smallest absolute Gasteiger partial charge is 0.162 e. The van der Waals surface area contributed by atoms with Gasteiger partial charge in [-0.05, 0) is 62.2 Å². The third-order valence-electron chi connectivity index (χ3n) is 5.95. The molecule has 8 heteroatoms. The van der Waals surface area contributed by atoms with Gasteiger partial charge in [0, 0.05) is 22.5 Å². The molecule has 0 bridgehead atoms. The van der Waals surface area contributed by atoms with Gasteiger partial charge in [0.25, 0.3) is 0 Å². The molecule has 6 nitrogen and oxygen atoms in total. The maximum absolute atomic E-state index is 13.5. The van der Waals surface area contributed by atoms with Crippen molar-refractivity contribution in [3.8, 4) is 11.5 Å². The second-order valence-electron chi connectivity index (χ2n) is 9.57. The van der Waals surface area contributed by atoms with Crippen molar-refractivity contribution >= 4 is 41.7 Å². The number of ketones is 1. The van der Waals surface area contributed by atoms with E-state index in [1.54, 1.807) is 33.2 Å². The van der Waals surface area contributed by atoms with Crippen molar-refractivity contribution in [2.45, 2.75) is 73.3 Å². The molecule has 0 heterocycles. The number of aliphatic imine (C=N–C) groups is 1. The Kier molecular flexibility index (Phi) is 14.1. The van der Waals surface area contributed by atoms with Crippen LogP contribution in [-0.2, 0) is 4.79 Å². The lowest BCUT2D eigenvalue weighted by atomic mass is 9.90. The molecular weight excluding hydrogens is 507 g/mol. The van der Waals surface area contributed by atoms with Gasteiger partial charge in [0.05, 0.1) is 24.8 Å². The Morgan fingerprint density at radius 3 is 2.29 bits per heavy atom. The zero-order valence-corrected chi connectivity index (χ0v) is 24.4. The van der Waals surface area contributed by atoms with Crippen LogP contribution in [-0.4, -0.2) is 36.9 Å². The molecule has 2 aromatic carbocycles.